The van der Waals surface area contributed by atoms with E-state index in [0.717, 1.165) is 5.56 Å². The van der Waals surface area contributed by atoms with Gasteiger partial charge in [0.2, 0.25) is 11.1 Å². The SMILES string of the molecule is COc1ccc(-c2nc(SCC(=O)N[C@H](C)C3CC3)n[nH]2)c(OC)c1. The number of nitrogens with one attached hydrogen (secondary N) is 2. The summed E-state index contributed by atoms with van der Waals surface area (Å²) in [6.45, 7) is 2.06. The lowest BCUT2D eigenvalue weighted by molar-refractivity contribution is -0.119. The Morgan fingerprint density at radius 1 is 1.40 bits per heavy atom. The monoisotopic (exact) mass is 362 g/mol. The molecule has 1 fully saturated rings. The van der Waals surface area contributed by atoms with Gasteiger partial charge in [0.25, 0.3) is 0 Å². The van der Waals surface area contributed by atoms with Crippen LogP contribution in [0.3, 0.4) is 0 Å². The van der Waals surface area contributed by atoms with E-state index in [0.29, 0.717) is 34.2 Å². The zero-order valence-electron chi connectivity index (χ0n) is 14.5. The van der Waals surface area contributed by atoms with Gasteiger partial charge in [-0.3, -0.25) is 9.89 Å². The van der Waals surface area contributed by atoms with Gasteiger partial charge in [-0.25, -0.2) is 4.98 Å². The molecule has 1 aromatic carbocycles. The maximum absolute atomic E-state index is 12.0. The summed E-state index contributed by atoms with van der Waals surface area (Å²) in [5.41, 5.74) is 0.787. The van der Waals surface area contributed by atoms with Crippen molar-refractivity contribution in [3.63, 3.8) is 0 Å². The minimum absolute atomic E-state index is 0.0118. The van der Waals surface area contributed by atoms with E-state index < -0.39 is 0 Å². The molecular weight excluding hydrogens is 340 g/mol. The average molecular weight is 362 g/mol. The number of ether oxygens (including phenoxy) is 2. The second kappa shape index (κ2) is 7.77. The second-order valence-corrected chi connectivity index (χ2v) is 6.96. The molecule has 7 nitrogen and oxygen atoms in total. The van der Waals surface area contributed by atoms with Crippen molar-refractivity contribution in [3.05, 3.63) is 18.2 Å². The maximum atomic E-state index is 12.0. The van der Waals surface area contributed by atoms with Crippen molar-refractivity contribution in [1.29, 1.82) is 0 Å². The summed E-state index contributed by atoms with van der Waals surface area (Å²) in [7, 11) is 3.20. The number of hydrogen-bond acceptors (Lipinski definition) is 6. The van der Waals surface area contributed by atoms with Crippen LogP contribution in [0.5, 0.6) is 11.5 Å². The van der Waals surface area contributed by atoms with Crippen molar-refractivity contribution in [2.45, 2.75) is 31.0 Å². The van der Waals surface area contributed by atoms with Crippen LogP contribution in [0.1, 0.15) is 19.8 Å². The van der Waals surface area contributed by atoms with Crippen LogP contribution in [-0.4, -0.2) is 47.1 Å². The largest absolute Gasteiger partial charge is 0.497 e. The standard InChI is InChI=1S/C17H22N4O3S/c1-10(11-4-5-11)18-15(22)9-25-17-19-16(20-21-17)13-7-6-12(23-2)8-14(13)24-3/h6-8,10-11H,4-5,9H2,1-3H3,(H,18,22)(H,19,20,21)/t10-/m1/s1. The van der Waals surface area contributed by atoms with E-state index >= 15 is 0 Å². The number of methoxy groups -OCH3 is 2. The molecule has 0 aliphatic heterocycles. The number of carbonyl (C=O) groups is 1. The van der Waals surface area contributed by atoms with Crippen molar-refractivity contribution in [2.75, 3.05) is 20.0 Å². The Hall–Kier alpha value is -2.22. The number of H-pyrrole nitrogens is 1. The van der Waals surface area contributed by atoms with Crippen molar-refractivity contribution in [1.82, 2.24) is 20.5 Å². The molecule has 1 amide bonds. The molecule has 1 aromatic heterocycles. The first kappa shape index (κ1) is 17.6. The number of carbonyl (C=O) groups excluding carboxylic acids is 1. The normalized spacial score (nSPS) is 14.8. The molecule has 25 heavy (non-hydrogen) atoms. The molecule has 0 unspecified atom stereocenters. The Kier molecular flexibility index (Phi) is 5.47. The topological polar surface area (TPSA) is 89.1 Å². The first-order valence-corrected chi connectivity index (χ1v) is 9.16. The number of hydrogen-bond donors (Lipinski definition) is 2. The molecule has 1 aliphatic carbocycles. The summed E-state index contributed by atoms with van der Waals surface area (Å²) in [5.74, 6) is 2.89. The molecule has 134 valence electrons. The van der Waals surface area contributed by atoms with Crippen molar-refractivity contribution in [3.8, 4) is 22.9 Å². The van der Waals surface area contributed by atoms with Crippen LogP contribution in [-0.2, 0) is 4.79 Å². The molecule has 0 spiro atoms. The van der Waals surface area contributed by atoms with E-state index in [1.807, 2.05) is 12.1 Å². The van der Waals surface area contributed by atoms with Crippen LogP contribution in [0.2, 0.25) is 0 Å². The van der Waals surface area contributed by atoms with Gasteiger partial charge < -0.3 is 14.8 Å². The number of thioether (sulfide) groups is 1. The van der Waals surface area contributed by atoms with E-state index in [1.54, 1.807) is 20.3 Å². The molecule has 2 N–H and O–H groups in total. The number of amides is 1. The first-order valence-electron chi connectivity index (χ1n) is 8.17. The van der Waals surface area contributed by atoms with Crippen molar-refractivity contribution in [2.24, 2.45) is 5.92 Å². The van der Waals surface area contributed by atoms with Gasteiger partial charge >= 0.3 is 0 Å². The third kappa shape index (κ3) is 4.45. The van der Waals surface area contributed by atoms with E-state index in [9.17, 15) is 4.79 Å². The van der Waals surface area contributed by atoms with Crippen LogP contribution in [0.4, 0.5) is 0 Å². The Bertz CT molecular complexity index is 745. The van der Waals surface area contributed by atoms with Crippen LogP contribution >= 0.6 is 11.8 Å². The number of aromatic nitrogens is 3. The molecule has 0 radical (unpaired) electrons. The molecule has 1 heterocycles. The third-order valence-electron chi connectivity index (χ3n) is 4.18. The molecule has 3 rings (SSSR count). The maximum Gasteiger partial charge on any atom is 0.230 e. The summed E-state index contributed by atoms with van der Waals surface area (Å²) < 4.78 is 10.6. The van der Waals surface area contributed by atoms with E-state index in [-0.39, 0.29) is 11.9 Å². The Morgan fingerprint density at radius 2 is 2.20 bits per heavy atom. The molecule has 1 atom stereocenters. The molecule has 1 saturated carbocycles. The van der Waals surface area contributed by atoms with Crippen molar-refractivity contribution < 1.29 is 14.3 Å². The van der Waals surface area contributed by atoms with E-state index in [1.165, 1.54) is 24.6 Å². The van der Waals surface area contributed by atoms with E-state index in [2.05, 4.69) is 27.4 Å². The zero-order valence-corrected chi connectivity index (χ0v) is 15.4. The average Bonchev–Trinajstić information content (AvgIpc) is 3.38. The second-order valence-electron chi connectivity index (χ2n) is 6.02. The number of aromatic amines is 1. The number of benzene rings is 1. The lowest BCUT2D eigenvalue weighted by atomic mass is 10.2. The van der Waals surface area contributed by atoms with Gasteiger partial charge in [-0.2, -0.15) is 0 Å². The summed E-state index contributed by atoms with van der Waals surface area (Å²) in [6.07, 6.45) is 2.42. The molecule has 8 heteroatoms. The lowest BCUT2D eigenvalue weighted by Crippen LogP contribution is -2.35. The summed E-state index contributed by atoms with van der Waals surface area (Å²) >= 11 is 1.31. The lowest BCUT2D eigenvalue weighted by Gasteiger charge is -2.11. The van der Waals surface area contributed by atoms with Gasteiger partial charge in [-0.15, -0.1) is 5.10 Å². The molecule has 2 aromatic rings. The van der Waals surface area contributed by atoms with Gasteiger partial charge in [0, 0.05) is 12.1 Å². The van der Waals surface area contributed by atoms with Gasteiger partial charge in [0.05, 0.1) is 25.5 Å². The van der Waals surface area contributed by atoms with E-state index in [4.69, 9.17) is 9.47 Å². The Balaban J connectivity index is 1.61. The third-order valence-corrected chi connectivity index (χ3v) is 5.03. The summed E-state index contributed by atoms with van der Waals surface area (Å²) in [6, 6.07) is 5.73. The van der Waals surface area contributed by atoms with Gasteiger partial charge in [-0.05, 0) is 37.8 Å². The van der Waals surface area contributed by atoms with Crippen LogP contribution < -0.4 is 14.8 Å². The summed E-state index contributed by atoms with van der Waals surface area (Å²) in [4.78, 5) is 16.4. The van der Waals surface area contributed by atoms with Gasteiger partial charge in [-0.1, -0.05) is 11.8 Å². The minimum Gasteiger partial charge on any atom is -0.497 e. The highest BCUT2D eigenvalue weighted by atomic mass is 32.2. The smallest absolute Gasteiger partial charge is 0.230 e. The number of rotatable bonds is 8. The van der Waals surface area contributed by atoms with Crippen LogP contribution in [0.25, 0.3) is 11.4 Å². The van der Waals surface area contributed by atoms with Gasteiger partial charge in [0.1, 0.15) is 11.5 Å². The fourth-order valence-corrected chi connectivity index (χ4v) is 3.17. The first-order chi connectivity index (χ1) is 12.1. The zero-order chi connectivity index (χ0) is 17.8. The van der Waals surface area contributed by atoms with Gasteiger partial charge in [0.15, 0.2) is 5.82 Å². The predicted molar refractivity (Wildman–Crippen MR) is 96.0 cm³/mol. The fraction of sp³-hybridized carbons (Fsp3) is 0.471. The quantitative estimate of drug-likeness (QED) is 0.702. The highest BCUT2D eigenvalue weighted by Gasteiger charge is 2.28. The minimum atomic E-state index is 0.0118. The number of nitrogens with zero attached hydrogens (tertiary/aromatic N) is 2. The molecular formula is C17H22N4O3S. The highest BCUT2D eigenvalue weighted by molar-refractivity contribution is 7.99. The van der Waals surface area contributed by atoms with Crippen molar-refractivity contribution >= 4 is 17.7 Å². The summed E-state index contributed by atoms with van der Waals surface area (Å²) in [5, 5.41) is 10.6. The van der Waals surface area contributed by atoms with Crippen LogP contribution in [0.15, 0.2) is 23.4 Å². The van der Waals surface area contributed by atoms with Crippen LogP contribution in [0, 0.1) is 5.92 Å². The Labute approximate surface area is 150 Å². The molecule has 0 bridgehead atoms. The fourth-order valence-electron chi connectivity index (χ4n) is 2.57. The highest BCUT2D eigenvalue weighted by Crippen LogP contribution is 2.33. The molecule has 0 saturated heterocycles. The molecule has 1 aliphatic rings. The Morgan fingerprint density at radius 3 is 2.88 bits per heavy atom. The predicted octanol–water partition coefficient (Wildman–Crippen LogP) is 2.50.